The molecule has 154 valence electrons. The minimum atomic E-state index is -4.09. The highest BCUT2D eigenvalue weighted by molar-refractivity contribution is 7.92. The topological polar surface area (TPSA) is 94.8 Å². The molecule has 0 spiro atoms. The molecule has 0 saturated carbocycles. The van der Waals surface area contributed by atoms with Crippen molar-refractivity contribution in [2.75, 3.05) is 18.9 Å². The van der Waals surface area contributed by atoms with Crippen molar-refractivity contribution in [2.45, 2.75) is 11.5 Å². The van der Waals surface area contributed by atoms with E-state index in [0.717, 1.165) is 6.07 Å². The van der Waals surface area contributed by atoms with E-state index < -0.39 is 16.0 Å². The minimum absolute atomic E-state index is 0.0407. The molecule has 1 aromatic heterocycles. The Morgan fingerprint density at radius 1 is 1.07 bits per heavy atom. The molecular formula is C18H14Cl3NO6S. The first-order valence-electron chi connectivity index (χ1n) is 7.98. The van der Waals surface area contributed by atoms with Crippen LogP contribution in [0.1, 0.15) is 16.1 Å². The van der Waals surface area contributed by atoms with Gasteiger partial charge in [-0.15, -0.1) is 0 Å². The zero-order chi connectivity index (χ0) is 21.3. The normalized spacial score (nSPS) is 11.6. The van der Waals surface area contributed by atoms with Crippen LogP contribution in [0.25, 0.3) is 11.0 Å². The van der Waals surface area contributed by atoms with E-state index in [-0.39, 0.29) is 43.6 Å². The van der Waals surface area contributed by atoms with E-state index in [9.17, 15) is 13.2 Å². The van der Waals surface area contributed by atoms with Crippen molar-refractivity contribution in [2.24, 2.45) is 0 Å². The number of nitrogens with one attached hydrogen (secondary N) is 1. The number of furan rings is 1. The second kappa shape index (κ2) is 8.41. The van der Waals surface area contributed by atoms with Crippen molar-refractivity contribution in [1.82, 2.24) is 0 Å². The molecular weight excluding hydrogens is 465 g/mol. The van der Waals surface area contributed by atoms with Crippen molar-refractivity contribution in [3.8, 4) is 0 Å². The number of hydrogen-bond acceptors (Lipinski definition) is 6. The number of anilines is 1. The van der Waals surface area contributed by atoms with Gasteiger partial charge in [-0.05, 0) is 30.3 Å². The zero-order valence-electron chi connectivity index (χ0n) is 15.1. The summed E-state index contributed by atoms with van der Waals surface area (Å²) < 4.78 is 43.4. The SMILES string of the molecule is COCc1oc2ccc(NS(=O)(=O)c3cc(Cl)c(Cl)cc3Cl)cc2c1C(=O)OC. The molecule has 3 rings (SSSR count). The summed E-state index contributed by atoms with van der Waals surface area (Å²) in [5.74, 6) is -0.370. The number of rotatable bonds is 6. The standard InChI is InChI=1S/C18H14Cl3NO6S/c1-26-8-15-17(18(23)27-2)10-5-9(3-4-14(10)28-15)22-29(24,25)16-7-12(20)11(19)6-13(16)21/h3-7,22H,8H2,1-2H3. The highest BCUT2D eigenvalue weighted by atomic mass is 35.5. The van der Waals surface area contributed by atoms with Crippen molar-refractivity contribution >= 4 is 67.5 Å². The summed E-state index contributed by atoms with van der Waals surface area (Å²) in [4.78, 5) is 12.0. The van der Waals surface area contributed by atoms with Gasteiger partial charge in [-0.2, -0.15) is 0 Å². The molecule has 0 aliphatic rings. The molecule has 1 heterocycles. The number of ether oxygens (including phenoxy) is 2. The smallest absolute Gasteiger partial charge is 0.342 e. The molecule has 0 saturated heterocycles. The van der Waals surface area contributed by atoms with Crippen molar-refractivity contribution < 1.29 is 27.1 Å². The van der Waals surface area contributed by atoms with Crippen LogP contribution in [0.3, 0.4) is 0 Å². The lowest BCUT2D eigenvalue weighted by Gasteiger charge is -2.11. The van der Waals surface area contributed by atoms with Gasteiger partial charge in [0.05, 0.1) is 22.2 Å². The average Bonchev–Trinajstić information content (AvgIpc) is 3.01. The maximum atomic E-state index is 12.8. The van der Waals surface area contributed by atoms with E-state index in [4.69, 9.17) is 48.7 Å². The highest BCUT2D eigenvalue weighted by Crippen LogP contribution is 2.34. The molecule has 0 unspecified atom stereocenters. The molecule has 7 nitrogen and oxygen atoms in total. The van der Waals surface area contributed by atoms with Gasteiger partial charge in [0, 0.05) is 18.2 Å². The van der Waals surface area contributed by atoms with Gasteiger partial charge >= 0.3 is 5.97 Å². The van der Waals surface area contributed by atoms with Crippen LogP contribution >= 0.6 is 34.8 Å². The molecule has 0 radical (unpaired) electrons. The van der Waals surface area contributed by atoms with Crippen LogP contribution in [-0.4, -0.2) is 28.6 Å². The lowest BCUT2D eigenvalue weighted by atomic mass is 10.1. The molecule has 11 heteroatoms. The maximum absolute atomic E-state index is 12.8. The Labute approximate surface area is 181 Å². The molecule has 0 fully saturated rings. The summed E-state index contributed by atoms with van der Waals surface area (Å²) in [6, 6.07) is 6.85. The number of carbonyl (C=O) groups is 1. The minimum Gasteiger partial charge on any atom is -0.465 e. The maximum Gasteiger partial charge on any atom is 0.342 e. The average molecular weight is 479 g/mol. The molecule has 3 aromatic rings. The van der Waals surface area contributed by atoms with Crippen LogP contribution in [0, 0.1) is 0 Å². The number of esters is 1. The summed E-state index contributed by atoms with van der Waals surface area (Å²) in [6.45, 7) is 0.0407. The Morgan fingerprint density at radius 3 is 2.41 bits per heavy atom. The van der Waals surface area contributed by atoms with Crippen molar-refractivity contribution in [3.63, 3.8) is 0 Å². The van der Waals surface area contributed by atoms with Crippen LogP contribution in [0.15, 0.2) is 39.6 Å². The molecule has 2 aromatic carbocycles. The fourth-order valence-corrected chi connectivity index (χ4v) is 4.74. The van der Waals surface area contributed by atoms with Gasteiger partial charge < -0.3 is 13.9 Å². The number of sulfonamides is 1. The van der Waals surface area contributed by atoms with Crippen LogP contribution in [0.4, 0.5) is 5.69 Å². The van der Waals surface area contributed by atoms with E-state index in [1.54, 1.807) is 0 Å². The zero-order valence-corrected chi connectivity index (χ0v) is 18.2. The van der Waals surface area contributed by atoms with Crippen molar-refractivity contribution in [3.05, 3.63) is 56.7 Å². The number of fused-ring (bicyclic) bond motifs is 1. The fourth-order valence-electron chi connectivity index (χ4n) is 2.69. The van der Waals surface area contributed by atoms with Gasteiger partial charge in [-0.3, -0.25) is 4.72 Å². The second-order valence-corrected chi connectivity index (χ2v) is 8.71. The highest BCUT2D eigenvalue weighted by Gasteiger charge is 2.24. The monoisotopic (exact) mass is 477 g/mol. The van der Waals surface area contributed by atoms with E-state index >= 15 is 0 Å². The van der Waals surface area contributed by atoms with Crippen LogP contribution < -0.4 is 4.72 Å². The summed E-state index contributed by atoms with van der Waals surface area (Å²) >= 11 is 17.8. The predicted molar refractivity (Wildman–Crippen MR) is 111 cm³/mol. The van der Waals surface area contributed by atoms with E-state index in [2.05, 4.69) is 4.72 Å². The first-order valence-corrected chi connectivity index (χ1v) is 10.6. The Morgan fingerprint density at radius 2 is 1.76 bits per heavy atom. The molecule has 0 aliphatic carbocycles. The van der Waals surface area contributed by atoms with Gasteiger partial charge in [-0.1, -0.05) is 34.8 Å². The van der Waals surface area contributed by atoms with Crippen molar-refractivity contribution in [1.29, 1.82) is 0 Å². The van der Waals surface area contributed by atoms with Gasteiger partial charge in [0.15, 0.2) is 0 Å². The van der Waals surface area contributed by atoms with E-state index in [0.29, 0.717) is 11.0 Å². The third kappa shape index (κ3) is 4.31. The van der Waals surface area contributed by atoms with E-state index in [1.165, 1.54) is 38.5 Å². The van der Waals surface area contributed by atoms with Crippen LogP contribution in [-0.2, 0) is 26.1 Å². The number of carbonyl (C=O) groups excluding carboxylic acids is 1. The number of benzene rings is 2. The van der Waals surface area contributed by atoms with Gasteiger partial charge in [-0.25, -0.2) is 13.2 Å². The lowest BCUT2D eigenvalue weighted by molar-refractivity contribution is 0.0594. The molecule has 0 aliphatic heterocycles. The number of halogens is 3. The Kier molecular flexibility index (Phi) is 6.30. The second-order valence-electron chi connectivity index (χ2n) is 5.84. The van der Waals surface area contributed by atoms with Gasteiger partial charge in [0.1, 0.15) is 28.4 Å². The molecule has 0 atom stereocenters. The molecule has 29 heavy (non-hydrogen) atoms. The summed E-state index contributed by atoms with van der Waals surface area (Å²) in [5, 5.41) is 0.445. The van der Waals surface area contributed by atoms with Crippen LogP contribution in [0.5, 0.6) is 0 Å². The fraction of sp³-hybridized carbons (Fsp3) is 0.167. The van der Waals surface area contributed by atoms with Crippen LogP contribution in [0.2, 0.25) is 15.1 Å². The third-order valence-corrected chi connectivity index (χ3v) is 6.51. The van der Waals surface area contributed by atoms with E-state index in [1.807, 2.05) is 0 Å². The first kappa shape index (κ1) is 21.7. The Bertz CT molecular complexity index is 1210. The molecule has 0 bridgehead atoms. The third-order valence-electron chi connectivity index (χ3n) is 3.94. The van der Waals surface area contributed by atoms with Gasteiger partial charge in [0.2, 0.25) is 0 Å². The summed E-state index contributed by atoms with van der Waals surface area (Å²) in [5.41, 5.74) is 0.695. The Hall–Kier alpha value is -1.97. The predicted octanol–water partition coefficient (Wildman–Crippen LogP) is 5.13. The molecule has 0 amide bonds. The first-order chi connectivity index (χ1) is 13.7. The summed E-state index contributed by atoms with van der Waals surface area (Å²) in [7, 11) is -1.40. The Balaban J connectivity index is 2.07. The lowest BCUT2D eigenvalue weighted by Crippen LogP contribution is -2.13. The van der Waals surface area contributed by atoms with Gasteiger partial charge in [0.25, 0.3) is 10.0 Å². The quantitative estimate of drug-likeness (QED) is 0.390. The number of methoxy groups -OCH3 is 2. The summed E-state index contributed by atoms with van der Waals surface area (Å²) in [6.07, 6.45) is 0. The largest absolute Gasteiger partial charge is 0.465 e. The number of hydrogen-bond donors (Lipinski definition) is 1. The molecule has 1 N–H and O–H groups in total.